The Morgan fingerprint density at radius 2 is 2.07 bits per heavy atom. The predicted molar refractivity (Wildman–Crippen MR) is 53.9 cm³/mol. The number of ether oxygens (including phenoxy) is 2. The van der Waals surface area contributed by atoms with Crippen LogP contribution in [0.25, 0.3) is 0 Å². The summed E-state index contributed by atoms with van der Waals surface area (Å²) in [6, 6.07) is 0. The van der Waals surface area contributed by atoms with Crippen molar-refractivity contribution in [2.45, 2.75) is 37.9 Å². The first kappa shape index (κ1) is 9.60. The van der Waals surface area contributed by atoms with E-state index in [2.05, 4.69) is 5.16 Å². The molecule has 4 heteroatoms. The molecular weight excluding hydrogens is 194 g/mol. The number of oxime groups is 1. The van der Waals surface area contributed by atoms with Crippen LogP contribution in [-0.4, -0.2) is 29.9 Å². The smallest absolute Gasteiger partial charge is 0.171 e. The number of fused-ring (bicyclic) bond motifs is 3. The minimum absolute atomic E-state index is 0.280. The second kappa shape index (κ2) is 3.46. The minimum atomic E-state index is -0.280. The Kier molecular flexibility index (Phi) is 2.21. The maximum Gasteiger partial charge on any atom is 0.171 e. The van der Waals surface area contributed by atoms with Crippen LogP contribution >= 0.6 is 0 Å². The lowest BCUT2D eigenvalue weighted by Gasteiger charge is -2.45. The molecule has 0 amide bonds. The molecule has 2 saturated carbocycles. The van der Waals surface area contributed by atoms with Crippen molar-refractivity contribution < 1.29 is 14.7 Å². The fourth-order valence-electron chi connectivity index (χ4n) is 3.37. The molecule has 4 nitrogen and oxygen atoms in total. The summed E-state index contributed by atoms with van der Waals surface area (Å²) in [4.78, 5) is 0. The second-order valence-electron chi connectivity index (χ2n) is 4.81. The number of rotatable bonds is 0. The molecule has 1 saturated heterocycles. The average molecular weight is 211 g/mol. The summed E-state index contributed by atoms with van der Waals surface area (Å²) < 4.78 is 11.6. The van der Waals surface area contributed by atoms with Crippen molar-refractivity contribution in [3.63, 3.8) is 0 Å². The highest BCUT2D eigenvalue weighted by Crippen LogP contribution is 2.48. The normalized spacial score (nSPS) is 41.2. The SMILES string of the molecule is O/N=C1/CCC2CC1CCC21OCCO1. The summed E-state index contributed by atoms with van der Waals surface area (Å²) in [5.74, 6) is 0.689. The number of nitrogens with zero attached hydrogens (tertiary/aromatic N) is 1. The first-order chi connectivity index (χ1) is 7.34. The maximum absolute atomic E-state index is 8.89. The van der Waals surface area contributed by atoms with Crippen molar-refractivity contribution in [3.05, 3.63) is 0 Å². The van der Waals surface area contributed by atoms with Gasteiger partial charge in [0.25, 0.3) is 0 Å². The summed E-state index contributed by atoms with van der Waals surface area (Å²) in [6.07, 6.45) is 5.01. The van der Waals surface area contributed by atoms with Gasteiger partial charge < -0.3 is 14.7 Å². The Bertz CT molecular complexity index is 284. The van der Waals surface area contributed by atoms with Crippen molar-refractivity contribution in [2.75, 3.05) is 13.2 Å². The minimum Gasteiger partial charge on any atom is -0.411 e. The van der Waals surface area contributed by atoms with Crippen molar-refractivity contribution in [1.29, 1.82) is 0 Å². The van der Waals surface area contributed by atoms with E-state index in [0.717, 1.165) is 51.0 Å². The lowest BCUT2D eigenvalue weighted by atomic mass is 9.68. The van der Waals surface area contributed by atoms with E-state index in [-0.39, 0.29) is 5.79 Å². The van der Waals surface area contributed by atoms with Gasteiger partial charge in [0.2, 0.25) is 0 Å². The average Bonchev–Trinajstić information content (AvgIpc) is 2.74. The van der Waals surface area contributed by atoms with E-state index in [4.69, 9.17) is 14.7 Å². The zero-order chi connectivity index (χ0) is 10.3. The van der Waals surface area contributed by atoms with E-state index in [1.54, 1.807) is 0 Å². The third-order valence-electron chi connectivity index (χ3n) is 4.16. The topological polar surface area (TPSA) is 51.1 Å². The van der Waals surface area contributed by atoms with Gasteiger partial charge in [-0.1, -0.05) is 5.16 Å². The molecule has 0 aromatic rings. The van der Waals surface area contributed by atoms with Gasteiger partial charge in [0.05, 0.1) is 18.9 Å². The predicted octanol–water partition coefficient (Wildman–Crippen LogP) is 1.77. The maximum atomic E-state index is 8.89. The van der Waals surface area contributed by atoms with Gasteiger partial charge in [0.1, 0.15) is 0 Å². The Labute approximate surface area is 89.2 Å². The Hall–Kier alpha value is -0.610. The molecular formula is C11H17NO3. The van der Waals surface area contributed by atoms with Crippen molar-refractivity contribution in [2.24, 2.45) is 17.0 Å². The van der Waals surface area contributed by atoms with Gasteiger partial charge in [-0.25, -0.2) is 0 Å². The van der Waals surface area contributed by atoms with Gasteiger partial charge in [0, 0.05) is 18.3 Å². The molecule has 3 aliphatic rings. The van der Waals surface area contributed by atoms with Crippen LogP contribution in [0.3, 0.4) is 0 Å². The first-order valence-corrected chi connectivity index (χ1v) is 5.83. The molecule has 3 rings (SSSR count). The summed E-state index contributed by atoms with van der Waals surface area (Å²) >= 11 is 0. The second-order valence-corrected chi connectivity index (χ2v) is 4.81. The molecule has 3 fully saturated rings. The van der Waals surface area contributed by atoms with E-state index in [9.17, 15) is 0 Å². The highest BCUT2D eigenvalue weighted by Gasteiger charge is 2.50. The fraction of sp³-hybridized carbons (Fsp3) is 0.909. The van der Waals surface area contributed by atoms with Crippen molar-refractivity contribution in [1.82, 2.24) is 0 Å². The monoisotopic (exact) mass is 211 g/mol. The molecule has 1 heterocycles. The van der Waals surface area contributed by atoms with Crippen LogP contribution in [0.2, 0.25) is 0 Å². The lowest BCUT2D eigenvalue weighted by Crippen LogP contribution is -2.48. The summed E-state index contributed by atoms with van der Waals surface area (Å²) in [7, 11) is 0. The Morgan fingerprint density at radius 3 is 2.80 bits per heavy atom. The van der Waals surface area contributed by atoms with E-state index in [1.807, 2.05) is 0 Å². The molecule has 0 radical (unpaired) electrons. The van der Waals surface area contributed by atoms with Crippen LogP contribution in [0.1, 0.15) is 32.1 Å². The summed E-state index contributed by atoms with van der Waals surface area (Å²) in [5, 5.41) is 12.3. The highest BCUT2D eigenvalue weighted by molar-refractivity contribution is 5.87. The quantitative estimate of drug-likeness (QED) is 0.490. The van der Waals surface area contributed by atoms with Crippen molar-refractivity contribution >= 4 is 5.71 Å². The van der Waals surface area contributed by atoms with Crippen LogP contribution in [0.15, 0.2) is 5.16 Å². The van der Waals surface area contributed by atoms with Gasteiger partial charge in [-0.2, -0.15) is 0 Å². The van der Waals surface area contributed by atoms with E-state index in [0.29, 0.717) is 11.8 Å². The summed E-state index contributed by atoms with van der Waals surface area (Å²) in [6.45, 7) is 1.48. The van der Waals surface area contributed by atoms with E-state index in [1.165, 1.54) is 0 Å². The van der Waals surface area contributed by atoms with Crippen molar-refractivity contribution in [3.8, 4) is 0 Å². The van der Waals surface area contributed by atoms with E-state index >= 15 is 0 Å². The van der Waals surface area contributed by atoms with Gasteiger partial charge in [-0.15, -0.1) is 0 Å². The third kappa shape index (κ3) is 1.39. The van der Waals surface area contributed by atoms with Gasteiger partial charge >= 0.3 is 0 Å². The molecule has 0 aromatic heterocycles. The molecule has 1 N–H and O–H groups in total. The Balaban J connectivity index is 1.80. The highest BCUT2D eigenvalue weighted by atomic mass is 16.7. The molecule has 1 spiro atoms. The van der Waals surface area contributed by atoms with E-state index < -0.39 is 0 Å². The lowest BCUT2D eigenvalue weighted by molar-refractivity contribution is -0.219. The zero-order valence-corrected chi connectivity index (χ0v) is 8.82. The van der Waals surface area contributed by atoms with Crippen LogP contribution in [0, 0.1) is 11.8 Å². The fourth-order valence-corrected chi connectivity index (χ4v) is 3.37. The third-order valence-corrected chi connectivity index (χ3v) is 4.16. The standard InChI is InChI=1S/C11H17NO3/c13-12-10-2-1-9-7-8(10)3-4-11(9)14-5-6-15-11/h8-9,13H,1-7H2/b12-10-. The molecule has 1 aliphatic heterocycles. The van der Waals surface area contributed by atoms with Crippen LogP contribution in [0.5, 0.6) is 0 Å². The molecule has 84 valence electrons. The number of hydrogen-bond donors (Lipinski definition) is 1. The van der Waals surface area contributed by atoms with Gasteiger partial charge in [-0.05, 0) is 25.7 Å². The van der Waals surface area contributed by atoms with Crippen LogP contribution in [0.4, 0.5) is 0 Å². The molecule has 15 heavy (non-hydrogen) atoms. The molecule has 2 aliphatic carbocycles. The first-order valence-electron chi connectivity index (χ1n) is 5.83. The molecule has 2 atom stereocenters. The summed E-state index contributed by atoms with van der Waals surface area (Å²) in [5.41, 5.74) is 0.985. The number of hydrogen-bond acceptors (Lipinski definition) is 4. The van der Waals surface area contributed by atoms with Gasteiger partial charge in [0.15, 0.2) is 5.79 Å². The zero-order valence-electron chi connectivity index (χ0n) is 8.82. The van der Waals surface area contributed by atoms with Crippen LogP contribution < -0.4 is 0 Å². The molecule has 2 unspecified atom stereocenters. The Morgan fingerprint density at radius 1 is 1.27 bits per heavy atom. The molecule has 0 aromatic carbocycles. The van der Waals surface area contributed by atoms with Gasteiger partial charge in [-0.3, -0.25) is 0 Å². The van der Waals surface area contributed by atoms with Crippen LogP contribution in [-0.2, 0) is 9.47 Å². The molecule has 2 bridgehead atoms. The largest absolute Gasteiger partial charge is 0.411 e.